The number of aromatic amines is 1. The lowest BCUT2D eigenvalue weighted by atomic mass is 9.91. The average Bonchev–Trinajstić information content (AvgIpc) is 2.93. The molecule has 3 aromatic rings. The Balaban J connectivity index is 1.31. The van der Waals surface area contributed by atoms with Crippen LogP contribution >= 0.6 is 11.6 Å². The van der Waals surface area contributed by atoms with Crippen LogP contribution in [-0.2, 0) is 15.6 Å². The molecule has 4 N–H and O–H groups in total. The van der Waals surface area contributed by atoms with Crippen molar-refractivity contribution in [3.8, 4) is 5.75 Å². The van der Waals surface area contributed by atoms with Crippen molar-refractivity contribution in [2.24, 2.45) is 0 Å². The summed E-state index contributed by atoms with van der Waals surface area (Å²) >= 11 is 6.06. The molecule has 0 saturated carbocycles. The smallest absolute Gasteiger partial charge is 0.248 e. The van der Waals surface area contributed by atoms with Gasteiger partial charge in [-0.05, 0) is 72.8 Å². The van der Waals surface area contributed by atoms with E-state index in [1.807, 2.05) is 24.3 Å². The Morgan fingerprint density at radius 2 is 1.86 bits per heavy atom. The van der Waals surface area contributed by atoms with E-state index in [9.17, 15) is 15.0 Å². The molecule has 1 fully saturated rings. The molecule has 10 heteroatoms. The molecule has 1 saturated heterocycles. The SMILES string of the molecule is CC(C)(C)[Si](C)(C)O[C@@H](CNCC1(O)CCN(CCOCCc2cccc(Cl)c2)CC1)c1ccc(O)c2[nH]c(=O)ccc12. The van der Waals surface area contributed by atoms with Gasteiger partial charge in [-0.1, -0.05) is 50.6 Å². The van der Waals surface area contributed by atoms with Crippen LogP contribution in [0.15, 0.2) is 53.3 Å². The molecule has 1 aromatic heterocycles. The second kappa shape index (κ2) is 14.2. The van der Waals surface area contributed by atoms with Crippen LogP contribution < -0.4 is 10.9 Å². The number of rotatable bonds is 13. The van der Waals surface area contributed by atoms with Gasteiger partial charge in [0, 0.05) is 49.2 Å². The van der Waals surface area contributed by atoms with Crippen LogP contribution in [0, 0.1) is 0 Å². The predicted molar refractivity (Wildman–Crippen MR) is 177 cm³/mol. The summed E-state index contributed by atoms with van der Waals surface area (Å²) in [5.74, 6) is 0.0306. The maximum absolute atomic E-state index is 12.0. The molecule has 0 aliphatic carbocycles. The van der Waals surface area contributed by atoms with Gasteiger partial charge >= 0.3 is 0 Å². The number of fused-ring (bicyclic) bond motifs is 1. The van der Waals surface area contributed by atoms with Gasteiger partial charge in [-0.15, -0.1) is 0 Å². The molecule has 0 bridgehead atoms. The number of hydrogen-bond donors (Lipinski definition) is 4. The summed E-state index contributed by atoms with van der Waals surface area (Å²) in [5.41, 5.74) is 1.42. The van der Waals surface area contributed by atoms with Gasteiger partial charge < -0.3 is 34.6 Å². The highest BCUT2D eigenvalue weighted by Crippen LogP contribution is 2.41. The summed E-state index contributed by atoms with van der Waals surface area (Å²) in [5, 5.41) is 26.8. The van der Waals surface area contributed by atoms with E-state index in [2.05, 4.69) is 55.1 Å². The highest BCUT2D eigenvalue weighted by Gasteiger charge is 2.40. The van der Waals surface area contributed by atoms with Crippen LogP contribution in [0.1, 0.15) is 50.8 Å². The van der Waals surface area contributed by atoms with Gasteiger partial charge in [0.2, 0.25) is 5.56 Å². The number of aromatic hydroxyl groups is 1. The summed E-state index contributed by atoms with van der Waals surface area (Å²) < 4.78 is 12.8. The number of piperidine rings is 1. The van der Waals surface area contributed by atoms with Crippen molar-refractivity contribution in [2.45, 2.75) is 69.9 Å². The van der Waals surface area contributed by atoms with Crippen molar-refractivity contribution in [1.29, 1.82) is 0 Å². The van der Waals surface area contributed by atoms with Crippen LogP contribution in [0.25, 0.3) is 10.9 Å². The van der Waals surface area contributed by atoms with Gasteiger partial charge in [-0.3, -0.25) is 4.79 Å². The normalized spacial score (nSPS) is 16.9. The third-order valence-electron chi connectivity index (χ3n) is 9.04. The molecular formula is C33H48ClN3O5Si. The molecule has 0 spiro atoms. The minimum atomic E-state index is -2.18. The molecule has 1 aliphatic heterocycles. The number of nitrogens with zero attached hydrogens (tertiary/aromatic N) is 1. The van der Waals surface area contributed by atoms with Crippen molar-refractivity contribution in [3.05, 3.63) is 75.0 Å². The molecule has 0 unspecified atom stereocenters. The molecule has 0 radical (unpaired) electrons. The number of H-pyrrole nitrogens is 1. The molecule has 1 atom stereocenters. The summed E-state index contributed by atoms with van der Waals surface area (Å²) in [6.45, 7) is 15.8. The minimum Gasteiger partial charge on any atom is -0.506 e. The molecule has 1 aliphatic rings. The van der Waals surface area contributed by atoms with E-state index in [0.29, 0.717) is 44.7 Å². The number of phenolic OH excluding ortho intramolecular Hbond substituents is 1. The van der Waals surface area contributed by atoms with E-state index in [1.54, 1.807) is 12.1 Å². The van der Waals surface area contributed by atoms with Gasteiger partial charge in [0.1, 0.15) is 5.75 Å². The molecule has 2 heterocycles. The Morgan fingerprint density at radius 3 is 2.56 bits per heavy atom. The molecule has 43 heavy (non-hydrogen) atoms. The van der Waals surface area contributed by atoms with Gasteiger partial charge in [-0.25, -0.2) is 0 Å². The van der Waals surface area contributed by atoms with Crippen molar-refractivity contribution in [2.75, 3.05) is 45.9 Å². The number of ether oxygens (including phenoxy) is 1. The van der Waals surface area contributed by atoms with Crippen LogP contribution in [0.4, 0.5) is 0 Å². The highest BCUT2D eigenvalue weighted by molar-refractivity contribution is 6.74. The van der Waals surface area contributed by atoms with E-state index in [1.165, 1.54) is 11.6 Å². The summed E-state index contributed by atoms with van der Waals surface area (Å²) in [6.07, 6.45) is 1.88. The summed E-state index contributed by atoms with van der Waals surface area (Å²) in [7, 11) is -2.18. The molecule has 236 valence electrons. The Bertz CT molecular complexity index is 1420. The lowest BCUT2D eigenvalue weighted by Crippen LogP contribution is -2.51. The first-order valence-electron chi connectivity index (χ1n) is 15.3. The monoisotopic (exact) mass is 629 g/mol. The summed E-state index contributed by atoms with van der Waals surface area (Å²) in [6, 6.07) is 14.6. The van der Waals surface area contributed by atoms with Gasteiger partial charge in [0.15, 0.2) is 8.32 Å². The number of halogens is 1. The Morgan fingerprint density at radius 1 is 1.12 bits per heavy atom. The first-order chi connectivity index (χ1) is 20.3. The Labute approximate surface area is 261 Å². The summed E-state index contributed by atoms with van der Waals surface area (Å²) in [4.78, 5) is 17.1. The van der Waals surface area contributed by atoms with E-state index in [-0.39, 0.29) is 22.5 Å². The first kappa shape index (κ1) is 33.6. The zero-order valence-electron chi connectivity index (χ0n) is 26.2. The zero-order valence-corrected chi connectivity index (χ0v) is 28.0. The third-order valence-corrected chi connectivity index (χ3v) is 13.8. The van der Waals surface area contributed by atoms with Crippen molar-refractivity contribution in [3.63, 3.8) is 0 Å². The van der Waals surface area contributed by atoms with Gasteiger partial charge in [-0.2, -0.15) is 0 Å². The minimum absolute atomic E-state index is 0.00367. The average molecular weight is 630 g/mol. The molecule has 0 amide bonds. The molecule has 8 nitrogen and oxygen atoms in total. The Hall–Kier alpha value is -2.24. The van der Waals surface area contributed by atoms with Gasteiger partial charge in [0.25, 0.3) is 0 Å². The largest absolute Gasteiger partial charge is 0.506 e. The highest BCUT2D eigenvalue weighted by atomic mass is 35.5. The third kappa shape index (κ3) is 9.14. The van der Waals surface area contributed by atoms with Crippen molar-refractivity contribution >= 4 is 30.8 Å². The topological polar surface area (TPSA) is 107 Å². The van der Waals surface area contributed by atoms with Crippen molar-refractivity contribution in [1.82, 2.24) is 15.2 Å². The van der Waals surface area contributed by atoms with Crippen LogP contribution in [0.3, 0.4) is 0 Å². The molecule has 2 aromatic carbocycles. The number of phenols is 1. The second-order valence-corrected chi connectivity index (χ2v) is 18.5. The number of likely N-dealkylation sites (tertiary alicyclic amines) is 1. The number of pyridine rings is 1. The molecular weight excluding hydrogens is 582 g/mol. The van der Waals surface area contributed by atoms with Crippen LogP contribution in [0.2, 0.25) is 23.2 Å². The zero-order chi connectivity index (χ0) is 31.3. The van der Waals surface area contributed by atoms with Crippen LogP contribution in [-0.4, -0.2) is 80.0 Å². The van der Waals surface area contributed by atoms with E-state index in [4.69, 9.17) is 20.8 Å². The fourth-order valence-corrected chi connectivity index (χ4v) is 6.76. The van der Waals surface area contributed by atoms with E-state index in [0.717, 1.165) is 42.0 Å². The first-order valence-corrected chi connectivity index (χ1v) is 18.6. The fraction of sp³-hybridized carbons (Fsp3) is 0.545. The van der Waals surface area contributed by atoms with E-state index < -0.39 is 13.9 Å². The lowest BCUT2D eigenvalue weighted by molar-refractivity contribution is -0.0265. The van der Waals surface area contributed by atoms with Crippen LogP contribution in [0.5, 0.6) is 5.75 Å². The number of aromatic nitrogens is 1. The lowest BCUT2D eigenvalue weighted by Gasteiger charge is -2.41. The fourth-order valence-electron chi connectivity index (χ4n) is 5.27. The maximum atomic E-state index is 12.0. The maximum Gasteiger partial charge on any atom is 0.248 e. The standard InChI is InChI=1S/C33H48ClN3O5Si/c1-32(2,3)43(4,5)42-29(26-9-11-28(38)31-27(26)10-12-30(39)36-31)22-35-23-33(40)14-16-37(17-15-33)18-20-41-19-13-24-7-6-8-25(34)21-24/h6-12,21,29,35,38,40H,13-20,22-23H2,1-5H3,(H,36,39)/t29-/m0/s1. The number of benzene rings is 2. The number of aliphatic hydroxyl groups is 1. The van der Waals surface area contributed by atoms with E-state index >= 15 is 0 Å². The number of hydrogen-bond acceptors (Lipinski definition) is 7. The predicted octanol–water partition coefficient (Wildman–Crippen LogP) is 5.63. The Kier molecular flexibility index (Phi) is 11.1. The quantitative estimate of drug-likeness (QED) is 0.143. The van der Waals surface area contributed by atoms with Crippen molar-refractivity contribution < 1.29 is 19.4 Å². The molecule has 4 rings (SSSR count). The second-order valence-electron chi connectivity index (χ2n) is 13.3. The van der Waals surface area contributed by atoms with Gasteiger partial charge in [0.05, 0.1) is 30.4 Å². The number of nitrogens with one attached hydrogen (secondary N) is 2.